The van der Waals surface area contributed by atoms with Crippen LogP contribution in [-0.4, -0.2) is 31.3 Å². The third kappa shape index (κ3) is 4.26. The number of alkyl halides is 3. The highest BCUT2D eigenvalue weighted by Gasteiger charge is 2.43. The van der Waals surface area contributed by atoms with Crippen molar-refractivity contribution < 1.29 is 22.7 Å². The van der Waals surface area contributed by atoms with E-state index in [9.17, 15) is 18.0 Å². The van der Waals surface area contributed by atoms with Gasteiger partial charge in [0.1, 0.15) is 5.75 Å². The first-order valence-electron chi connectivity index (χ1n) is 9.57. The molecule has 1 saturated heterocycles. The fraction of sp³-hybridized carbons (Fsp3) is 0.381. The summed E-state index contributed by atoms with van der Waals surface area (Å²) in [4.78, 5) is 13.4. The van der Waals surface area contributed by atoms with Crippen LogP contribution in [0.1, 0.15) is 19.8 Å². The molecule has 4 rings (SSSR count). The smallest absolute Gasteiger partial charge is 0.391 e. The molecular weight excluding hydrogens is 383 g/mol. The number of rotatable bonds is 3. The van der Waals surface area contributed by atoms with Crippen LogP contribution in [-0.2, 0) is 4.79 Å². The van der Waals surface area contributed by atoms with Gasteiger partial charge < -0.3 is 20.3 Å². The number of nitrogens with one attached hydrogen (secondary N) is 2. The Hall–Kier alpha value is -2.90. The van der Waals surface area contributed by atoms with Gasteiger partial charge in [0.05, 0.1) is 11.6 Å². The predicted octanol–water partition coefficient (Wildman–Crippen LogP) is 4.93. The molecule has 0 aliphatic carbocycles. The van der Waals surface area contributed by atoms with Crippen LogP contribution in [0.25, 0.3) is 0 Å². The molecule has 5 nitrogen and oxygen atoms in total. The maximum atomic E-state index is 13.0. The Morgan fingerprint density at radius 2 is 1.86 bits per heavy atom. The Labute approximate surface area is 166 Å². The number of anilines is 4. The summed E-state index contributed by atoms with van der Waals surface area (Å²) in [7, 11) is 0. The zero-order valence-electron chi connectivity index (χ0n) is 15.9. The average Bonchev–Trinajstić information content (AvgIpc) is 2.68. The van der Waals surface area contributed by atoms with Crippen LogP contribution in [0.3, 0.4) is 0 Å². The number of amides is 1. The minimum atomic E-state index is -4.12. The SMILES string of the molecule is CC1CC(C(F)(F)F)CCN1c1ccc(Nc2ccc3c(c2)OCC(=O)N3)cc1. The van der Waals surface area contributed by atoms with Crippen LogP contribution in [0.4, 0.5) is 35.9 Å². The van der Waals surface area contributed by atoms with Crippen LogP contribution < -0.4 is 20.3 Å². The van der Waals surface area contributed by atoms with Gasteiger partial charge in [-0.25, -0.2) is 0 Å². The van der Waals surface area contributed by atoms with Gasteiger partial charge >= 0.3 is 6.18 Å². The van der Waals surface area contributed by atoms with Crippen molar-refractivity contribution in [1.29, 1.82) is 0 Å². The second kappa shape index (κ2) is 7.50. The van der Waals surface area contributed by atoms with Gasteiger partial charge in [-0.15, -0.1) is 0 Å². The number of hydrogen-bond acceptors (Lipinski definition) is 4. The Morgan fingerprint density at radius 3 is 2.55 bits per heavy atom. The number of benzene rings is 2. The molecule has 0 aromatic heterocycles. The fourth-order valence-electron chi connectivity index (χ4n) is 3.91. The van der Waals surface area contributed by atoms with Crippen molar-refractivity contribution in [1.82, 2.24) is 0 Å². The van der Waals surface area contributed by atoms with E-state index in [1.807, 2.05) is 48.2 Å². The normalized spacial score (nSPS) is 21.8. The molecule has 8 heteroatoms. The van der Waals surface area contributed by atoms with Gasteiger partial charge in [-0.2, -0.15) is 13.2 Å². The Bertz CT molecular complexity index is 899. The van der Waals surface area contributed by atoms with E-state index in [0.717, 1.165) is 17.1 Å². The molecule has 2 aromatic rings. The molecule has 0 bridgehead atoms. The summed E-state index contributed by atoms with van der Waals surface area (Å²) in [5.41, 5.74) is 3.22. The Morgan fingerprint density at radius 1 is 1.14 bits per heavy atom. The molecule has 0 spiro atoms. The quantitative estimate of drug-likeness (QED) is 0.761. The molecule has 2 aliphatic heterocycles. The maximum absolute atomic E-state index is 13.0. The zero-order chi connectivity index (χ0) is 20.6. The van der Waals surface area contributed by atoms with E-state index < -0.39 is 12.1 Å². The summed E-state index contributed by atoms with van der Waals surface area (Å²) >= 11 is 0. The third-order valence-corrected chi connectivity index (χ3v) is 5.44. The Balaban J connectivity index is 1.42. The van der Waals surface area contributed by atoms with Crippen LogP contribution in [0.15, 0.2) is 42.5 Å². The monoisotopic (exact) mass is 405 g/mol. The minimum absolute atomic E-state index is 0.00559. The van der Waals surface area contributed by atoms with Gasteiger partial charge in [-0.05, 0) is 56.2 Å². The summed E-state index contributed by atoms with van der Waals surface area (Å²) in [6, 6.07) is 12.9. The van der Waals surface area contributed by atoms with E-state index in [1.54, 1.807) is 6.07 Å². The van der Waals surface area contributed by atoms with E-state index in [2.05, 4.69) is 10.6 Å². The number of piperidine rings is 1. The first kappa shape index (κ1) is 19.4. The van der Waals surface area contributed by atoms with E-state index >= 15 is 0 Å². The lowest BCUT2D eigenvalue weighted by atomic mass is 9.90. The molecule has 1 fully saturated rings. The molecule has 29 heavy (non-hydrogen) atoms. The van der Waals surface area contributed by atoms with Gasteiger partial charge in [-0.3, -0.25) is 4.79 Å². The van der Waals surface area contributed by atoms with Crippen molar-refractivity contribution in [2.45, 2.75) is 32.0 Å². The summed E-state index contributed by atoms with van der Waals surface area (Å²) in [6.07, 6.45) is -3.87. The zero-order valence-corrected chi connectivity index (χ0v) is 15.9. The molecule has 0 radical (unpaired) electrons. The topological polar surface area (TPSA) is 53.6 Å². The second-order valence-corrected chi connectivity index (χ2v) is 7.52. The van der Waals surface area contributed by atoms with Crippen molar-refractivity contribution in [2.24, 2.45) is 5.92 Å². The first-order valence-corrected chi connectivity index (χ1v) is 9.57. The highest BCUT2D eigenvalue weighted by Crippen LogP contribution is 2.38. The lowest BCUT2D eigenvalue weighted by molar-refractivity contribution is -0.181. The van der Waals surface area contributed by atoms with Crippen molar-refractivity contribution >= 4 is 28.7 Å². The fourth-order valence-corrected chi connectivity index (χ4v) is 3.91. The van der Waals surface area contributed by atoms with E-state index in [1.165, 1.54) is 0 Å². The number of fused-ring (bicyclic) bond motifs is 1. The van der Waals surface area contributed by atoms with Crippen molar-refractivity contribution in [3.05, 3.63) is 42.5 Å². The number of ether oxygens (including phenoxy) is 1. The summed E-state index contributed by atoms with van der Waals surface area (Å²) in [6.45, 7) is 2.23. The predicted molar refractivity (Wildman–Crippen MR) is 106 cm³/mol. The molecule has 2 N–H and O–H groups in total. The number of carbonyl (C=O) groups excluding carboxylic acids is 1. The van der Waals surface area contributed by atoms with Gasteiger partial charge in [0.15, 0.2) is 6.61 Å². The van der Waals surface area contributed by atoms with Gasteiger partial charge in [-0.1, -0.05) is 0 Å². The lowest BCUT2D eigenvalue weighted by Gasteiger charge is -2.40. The minimum Gasteiger partial charge on any atom is -0.482 e. The molecule has 1 amide bonds. The average molecular weight is 405 g/mol. The third-order valence-electron chi connectivity index (χ3n) is 5.44. The van der Waals surface area contributed by atoms with Gasteiger partial charge in [0, 0.05) is 35.7 Å². The molecule has 0 saturated carbocycles. The maximum Gasteiger partial charge on any atom is 0.391 e. The standard InChI is InChI=1S/C21H22F3N3O2/c1-13-10-14(21(22,23)24)8-9-27(13)17-5-2-15(3-6-17)25-16-4-7-18-19(11-16)29-12-20(28)26-18/h2-7,11,13-14,25H,8-10,12H2,1H3,(H,26,28). The summed E-state index contributed by atoms with van der Waals surface area (Å²) < 4.78 is 44.3. The molecule has 2 atom stereocenters. The first-order chi connectivity index (χ1) is 13.8. The highest BCUT2D eigenvalue weighted by atomic mass is 19.4. The van der Waals surface area contributed by atoms with E-state index in [-0.39, 0.29) is 31.4 Å². The lowest BCUT2D eigenvalue weighted by Crippen LogP contribution is -2.44. The number of carbonyl (C=O) groups is 1. The van der Waals surface area contributed by atoms with Crippen LogP contribution >= 0.6 is 0 Å². The van der Waals surface area contributed by atoms with E-state index in [0.29, 0.717) is 18.0 Å². The van der Waals surface area contributed by atoms with Crippen LogP contribution in [0.2, 0.25) is 0 Å². The Kier molecular flexibility index (Phi) is 5.02. The van der Waals surface area contributed by atoms with Crippen LogP contribution in [0, 0.1) is 5.92 Å². The van der Waals surface area contributed by atoms with Crippen LogP contribution in [0.5, 0.6) is 5.75 Å². The van der Waals surface area contributed by atoms with Gasteiger partial charge in [0.25, 0.3) is 5.91 Å². The summed E-state index contributed by atoms with van der Waals surface area (Å²) in [5, 5.41) is 6.02. The molecule has 2 aliphatic rings. The molecular formula is C21H22F3N3O2. The molecule has 2 heterocycles. The number of halogens is 3. The number of hydrogen-bond donors (Lipinski definition) is 2. The second-order valence-electron chi connectivity index (χ2n) is 7.52. The molecule has 2 unspecified atom stereocenters. The molecule has 154 valence electrons. The summed E-state index contributed by atoms with van der Waals surface area (Å²) in [5.74, 6) is -0.791. The largest absolute Gasteiger partial charge is 0.482 e. The van der Waals surface area contributed by atoms with E-state index in [4.69, 9.17) is 4.74 Å². The van der Waals surface area contributed by atoms with Crippen molar-refractivity contribution in [3.63, 3.8) is 0 Å². The molecule has 2 aromatic carbocycles. The van der Waals surface area contributed by atoms with Crippen molar-refractivity contribution in [3.8, 4) is 5.75 Å². The highest BCUT2D eigenvalue weighted by molar-refractivity contribution is 5.95. The van der Waals surface area contributed by atoms with Gasteiger partial charge in [0.2, 0.25) is 0 Å². The number of nitrogens with zero attached hydrogens (tertiary/aromatic N) is 1. The van der Waals surface area contributed by atoms with Crippen molar-refractivity contribution in [2.75, 3.05) is 28.7 Å².